The van der Waals surface area contributed by atoms with Gasteiger partial charge < -0.3 is 9.47 Å². The van der Waals surface area contributed by atoms with E-state index in [9.17, 15) is 14.5 Å². The van der Waals surface area contributed by atoms with Crippen LogP contribution in [0.2, 0.25) is 0 Å². The van der Waals surface area contributed by atoms with E-state index in [0.717, 1.165) is 12.5 Å². The molecule has 0 heterocycles. The van der Waals surface area contributed by atoms with Gasteiger partial charge in [0, 0.05) is 12.7 Å². The minimum absolute atomic E-state index is 0.00398. The van der Waals surface area contributed by atoms with Crippen molar-refractivity contribution in [2.75, 3.05) is 19.8 Å². The second-order valence-electron chi connectivity index (χ2n) is 3.33. The lowest BCUT2D eigenvalue weighted by Gasteiger charge is -2.07. The van der Waals surface area contributed by atoms with Gasteiger partial charge in [-0.25, -0.2) is 4.39 Å². The number of ether oxygens (including phenoxy) is 2. The molecule has 0 unspecified atom stereocenters. The van der Waals surface area contributed by atoms with Crippen LogP contribution in [-0.2, 0) is 4.74 Å². The Labute approximate surface area is 98.3 Å². The molecule has 0 aliphatic carbocycles. The fourth-order valence-electron chi connectivity index (χ4n) is 1.18. The first-order valence-electron chi connectivity index (χ1n) is 5.29. The zero-order valence-corrected chi connectivity index (χ0v) is 9.52. The third-order valence-electron chi connectivity index (χ3n) is 1.96. The molecule has 6 heteroatoms. The number of nitro groups is 1. The fourth-order valence-corrected chi connectivity index (χ4v) is 1.18. The molecule has 17 heavy (non-hydrogen) atoms. The van der Waals surface area contributed by atoms with Crippen LogP contribution in [0.5, 0.6) is 5.75 Å². The van der Waals surface area contributed by atoms with E-state index >= 15 is 0 Å². The highest BCUT2D eigenvalue weighted by Gasteiger charge is 2.11. The van der Waals surface area contributed by atoms with E-state index in [1.54, 1.807) is 0 Å². The molecule has 1 aromatic carbocycles. The molecule has 0 fully saturated rings. The molecule has 1 aromatic rings. The van der Waals surface area contributed by atoms with E-state index in [1.165, 1.54) is 12.1 Å². The van der Waals surface area contributed by atoms with Gasteiger partial charge in [-0.1, -0.05) is 6.92 Å². The summed E-state index contributed by atoms with van der Waals surface area (Å²) in [6.45, 7) is 3.20. The lowest BCUT2D eigenvalue weighted by molar-refractivity contribution is -0.385. The highest BCUT2D eigenvalue weighted by Crippen LogP contribution is 2.22. The van der Waals surface area contributed by atoms with Crippen LogP contribution in [0.15, 0.2) is 18.2 Å². The molecule has 0 amide bonds. The van der Waals surface area contributed by atoms with Crippen LogP contribution in [0, 0.1) is 15.9 Å². The second kappa shape index (κ2) is 6.80. The lowest BCUT2D eigenvalue weighted by atomic mass is 10.3. The highest BCUT2D eigenvalue weighted by molar-refractivity contribution is 5.37. The summed E-state index contributed by atoms with van der Waals surface area (Å²) in [5.74, 6) is -0.745. The molecule has 0 radical (unpaired) electrons. The Balaban J connectivity index is 2.46. The van der Waals surface area contributed by atoms with Crippen molar-refractivity contribution in [2.24, 2.45) is 0 Å². The van der Waals surface area contributed by atoms with Crippen molar-refractivity contribution in [2.45, 2.75) is 13.3 Å². The first-order chi connectivity index (χ1) is 8.15. The van der Waals surface area contributed by atoms with Crippen molar-refractivity contribution in [3.05, 3.63) is 34.1 Å². The number of hydrogen-bond acceptors (Lipinski definition) is 4. The number of nitrogens with zero attached hydrogens (tertiary/aromatic N) is 1. The first kappa shape index (κ1) is 13.4. The molecular weight excluding hydrogens is 229 g/mol. The number of non-ortho nitro benzene ring substituents is 1. The number of benzene rings is 1. The van der Waals surface area contributed by atoms with Gasteiger partial charge >= 0.3 is 0 Å². The molecule has 0 bridgehead atoms. The summed E-state index contributed by atoms with van der Waals surface area (Å²) in [6, 6.07) is 3.28. The van der Waals surface area contributed by atoms with Gasteiger partial charge in [0.1, 0.15) is 6.61 Å². The Bertz CT molecular complexity index is 384. The van der Waals surface area contributed by atoms with Crippen LogP contribution >= 0.6 is 0 Å². The topological polar surface area (TPSA) is 61.6 Å². The molecule has 5 nitrogen and oxygen atoms in total. The Morgan fingerprint density at radius 2 is 2.12 bits per heavy atom. The molecule has 0 aliphatic rings. The van der Waals surface area contributed by atoms with Gasteiger partial charge in [-0.05, 0) is 12.5 Å². The van der Waals surface area contributed by atoms with E-state index in [-0.39, 0.29) is 18.0 Å². The maximum atomic E-state index is 13.3. The van der Waals surface area contributed by atoms with Gasteiger partial charge in [0.25, 0.3) is 5.69 Å². The van der Waals surface area contributed by atoms with Crippen LogP contribution in [0.4, 0.5) is 10.1 Å². The largest absolute Gasteiger partial charge is 0.488 e. The van der Waals surface area contributed by atoms with Gasteiger partial charge in [0.15, 0.2) is 11.6 Å². The van der Waals surface area contributed by atoms with Crippen LogP contribution in [0.25, 0.3) is 0 Å². The molecule has 1 rings (SSSR count). The Kier molecular flexibility index (Phi) is 5.35. The molecule has 0 saturated heterocycles. The molecule has 0 spiro atoms. The van der Waals surface area contributed by atoms with E-state index in [1.807, 2.05) is 6.92 Å². The summed E-state index contributed by atoms with van der Waals surface area (Å²) in [6.07, 6.45) is 0.909. The predicted molar refractivity (Wildman–Crippen MR) is 59.7 cm³/mol. The van der Waals surface area contributed by atoms with Crippen molar-refractivity contribution < 1.29 is 18.8 Å². The average molecular weight is 243 g/mol. The van der Waals surface area contributed by atoms with Gasteiger partial charge in [0.2, 0.25) is 0 Å². The first-order valence-corrected chi connectivity index (χ1v) is 5.29. The van der Waals surface area contributed by atoms with Crippen molar-refractivity contribution in [3.63, 3.8) is 0 Å². The SMILES string of the molecule is CCCOCCOc1ccc([N+](=O)[O-])cc1F. The Morgan fingerprint density at radius 1 is 1.35 bits per heavy atom. The lowest BCUT2D eigenvalue weighted by Crippen LogP contribution is -2.08. The van der Waals surface area contributed by atoms with Crippen molar-refractivity contribution in [1.82, 2.24) is 0 Å². The van der Waals surface area contributed by atoms with E-state index < -0.39 is 10.7 Å². The zero-order valence-electron chi connectivity index (χ0n) is 9.52. The summed E-state index contributed by atoms with van der Waals surface area (Å²) in [4.78, 5) is 9.72. The normalized spacial score (nSPS) is 10.2. The number of rotatable bonds is 7. The minimum Gasteiger partial charge on any atom is -0.488 e. The number of hydrogen-bond donors (Lipinski definition) is 0. The average Bonchev–Trinajstić information content (AvgIpc) is 2.30. The Morgan fingerprint density at radius 3 is 2.71 bits per heavy atom. The molecule has 94 valence electrons. The Hall–Kier alpha value is -1.69. The summed E-state index contributed by atoms with van der Waals surface area (Å²) in [5.41, 5.74) is -0.294. The summed E-state index contributed by atoms with van der Waals surface area (Å²) in [7, 11) is 0. The third kappa shape index (κ3) is 4.36. The summed E-state index contributed by atoms with van der Waals surface area (Å²) in [5, 5.41) is 10.4. The van der Waals surface area contributed by atoms with Crippen molar-refractivity contribution >= 4 is 5.69 Å². The van der Waals surface area contributed by atoms with Gasteiger partial charge in [-0.2, -0.15) is 0 Å². The monoisotopic (exact) mass is 243 g/mol. The molecule has 0 aromatic heterocycles. The van der Waals surface area contributed by atoms with Crippen LogP contribution in [0.1, 0.15) is 13.3 Å². The van der Waals surface area contributed by atoms with E-state index in [2.05, 4.69) is 0 Å². The number of nitro benzene ring substituents is 1. The van der Waals surface area contributed by atoms with Gasteiger partial charge in [-0.3, -0.25) is 10.1 Å². The molecule has 0 saturated carbocycles. The van der Waals surface area contributed by atoms with Crippen molar-refractivity contribution in [1.29, 1.82) is 0 Å². The molecule has 0 aliphatic heterocycles. The molecule has 0 N–H and O–H groups in total. The van der Waals surface area contributed by atoms with E-state index in [4.69, 9.17) is 9.47 Å². The molecular formula is C11H14FNO4. The summed E-state index contributed by atoms with van der Waals surface area (Å²) >= 11 is 0. The maximum absolute atomic E-state index is 13.3. The van der Waals surface area contributed by atoms with Crippen LogP contribution < -0.4 is 4.74 Å². The van der Waals surface area contributed by atoms with Gasteiger partial charge in [-0.15, -0.1) is 0 Å². The smallest absolute Gasteiger partial charge is 0.272 e. The van der Waals surface area contributed by atoms with Gasteiger partial charge in [0.05, 0.1) is 17.6 Å². The quantitative estimate of drug-likeness (QED) is 0.419. The van der Waals surface area contributed by atoms with E-state index in [0.29, 0.717) is 13.2 Å². The predicted octanol–water partition coefficient (Wildman–Crippen LogP) is 2.54. The highest BCUT2D eigenvalue weighted by atomic mass is 19.1. The van der Waals surface area contributed by atoms with Crippen LogP contribution in [0.3, 0.4) is 0 Å². The fraction of sp³-hybridized carbons (Fsp3) is 0.455. The van der Waals surface area contributed by atoms with Crippen molar-refractivity contribution in [3.8, 4) is 5.75 Å². The molecule has 0 atom stereocenters. The standard InChI is InChI=1S/C11H14FNO4/c1-2-5-16-6-7-17-11-4-3-9(13(14)15)8-10(11)12/h3-4,8H,2,5-7H2,1H3. The minimum atomic E-state index is -0.741. The van der Waals surface area contributed by atoms with Crippen LogP contribution in [-0.4, -0.2) is 24.7 Å². The third-order valence-corrected chi connectivity index (χ3v) is 1.96. The summed E-state index contributed by atoms with van der Waals surface area (Å²) < 4.78 is 23.6. The maximum Gasteiger partial charge on any atom is 0.272 e. The zero-order chi connectivity index (χ0) is 12.7. The second-order valence-corrected chi connectivity index (χ2v) is 3.33. The number of halogens is 1.